The van der Waals surface area contributed by atoms with E-state index in [2.05, 4.69) is 158 Å². The normalized spacial score (nSPS) is 11.6. The zero-order chi connectivity index (χ0) is 37.2. The van der Waals surface area contributed by atoms with Gasteiger partial charge < -0.3 is 0 Å². The summed E-state index contributed by atoms with van der Waals surface area (Å²) in [5.41, 5.74) is 15.1. The average Bonchev–Trinajstić information content (AvgIpc) is 3.60. The molecule has 0 saturated heterocycles. The van der Waals surface area contributed by atoms with Gasteiger partial charge in [0, 0.05) is 16.7 Å². The molecule has 3 heteroatoms. The van der Waals surface area contributed by atoms with Crippen LogP contribution in [0.1, 0.15) is 5.56 Å². The van der Waals surface area contributed by atoms with E-state index >= 15 is 0 Å². The molecular formula is C53H31N3. The lowest BCUT2D eigenvalue weighted by Gasteiger charge is -2.19. The van der Waals surface area contributed by atoms with Crippen LogP contribution in [0.5, 0.6) is 0 Å². The molecule has 1 heterocycles. The Kier molecular flexibility index (Phi) is 7.23. The number of fused-ring (bicyclic) bond motifs is 5. The Labute approximate surface area is 324 Å². The molecule has 0 amide bonds. The summed E-state index contributed by atoms with van der Waals surface area (Å²) in [4.78, 5) is 10.5. The van der Waals surface area contributed by atoms with Gasteiger partial charge in [0.15, 0.2) is 5.82 Å². The van der Waals surface area contributed by atoms with Crippen molar-refractivity contribution in [1.82, 2.24) is 9.97 Å². The van der Waals surface area contributed by atoms with E-state index < -0.39 is 0 Å². The van der Waals surface area contributed by atoms with E-state index in [1.54, 1.807) is 0 Å². The molecule has 9 aromatic carbocycles. The first-order valence-corrected chi connectivity index (χ1v) is 18.9. The quantitative estimate of drug-likeness (QED) is 0.167. The standard InChI is InChI=1S/C53H31N3/c54-32-33-22-24-34(25-23-33)39-26-27-44-40-18-9-10-19-41(40)45-28-29-46(51(39)52(44)45)42-20-11-21-43-47(42)30-37-16-7-8-17-38(37)50(43)49-31-48(35-12-3-1-4-13-35)55-53(56-49)36-14-5-2-6-15-36/h1-31H. The molecule has 0 radical (unpaired) electrons. The predicted octanol–water partition coefficient (Wildman–Crippen LogP) is 13.8. The molecule has 11 rings (SSSR count). The minimum absolute atomic E-state index is 0.649. The largest absolute Gasteiger partial charge is 0.228 e. The maximum Gasteiger partial charge on any atom is 0.160 e. The monoisotopic (exact) mass is 709 g/mol. The molecule has 1 aliphatic rings. The Morgan fingerprint density at radius 3 is 1.62 bits per heavy atom. The highest BCUT2D eigenvalue weighted by molar-refractivity contribution is 6.25. The van der Waals surface area contributed by atoms with Crippen molar-refractivity contribution in [2.45, 2.75) is 0 Å². The fourth-order valence-corrected chi connectivity index (χ4v) is 8.74. The molecule has 0 fully saturated rings. The summed E-state index contributed by atoms with van der Waals surface area (Å²) in [6, 6.07) is 68.6. The zero-order valence-electron chi connectivity index (χ0n) is 30.2. The van der Waals surface area contributed by atoms with Crippen LogP contribution in [0.25, 0.3) is 111 Å². The average molecular weight is 710 g/mol. The van der Waals surface area contributed by atoms with Gasteiger partial charge in [0.1, 0.15) is 0 Å². The minimum Gasteiger partial charge on any atom is -0.228 e. The van der Waals surface area contributed by atoms with Crippen LogP contribution in [-0.4, -0.2) is 9.97 Å². The molecular weight excluding hydrogens is 679 g/mol. The maximum absolute atomic E-state index is 9.61. The second-order valence-electron chi connectivity index (χ2n) is 14.4. The van der Waals surface area contributed by atoms with Gasteiger partial charge in [-0.1, -0.05) is 164 Å². The summed E-state index contributed by atoms with van der Waals surface area (Å²) in [6.07, 6.45) is 0. The van der Waals surface area contributed by atoms with Crippen LogP contribution < -0.4 is 0 Å². The second kappa shape index (κ2) is 12.7. The number of aromatic nitrogens is 2. The molecule has 258 valence electrons. The van der Waals surface area contributed by atoms with Gasteiger partial charge in [0.2, 0.25) is 0 Å². The van der Waals surface area contributed by atoms with Crippen molar-refractivity contribution in [3.63, 3.8) is 0 Å². The number of nitrogens with zero attached hydrogens (tertiary/aromatic N) is 3. The van der Waals surface area contributed by atoms with Crippen LogP contribution in [0.15, 0.2) is 188 Å². The number of hydrogen-bond donors (Lipinski definition) is 0. The summed E-state index contributed by atoms with van der Waals surface area (Å²) in [6.45, 7) is 0. The van der Waals surface area contributed by atoms with Gasteiger partial charge in [-0.2, -0.15) is 5.26 Å². The molecule has 0 aliphatic heterocycles. The SMILES string of the molecule is N#Cc1ccc(-c2ccc3c4c(ccc(-c5cccc6c(-c7cc(-c8ccccc8)nc(-c8ccccc8)n7)c7ccccc7cc56)c24)-c2ccccc2-3)cc1. The molecule has 0 bridgehead atoms. The minimum atomic E-state index is 0.649. The third kappa shape index (κ3) is 4.98. The topological polar surface area (TPSA) is 49.6 Å². The first kappa shape index (κ1) is 31.8. The third-order valence-electron chi connectivity index (χ3n) is 11.3. The van der Waals surface area contributed by atoms with Crippen molar-refractivity contribution in [3.8, 4) is 84.5 Å². The number of rotatable bonds is 5. The Morgan fingerprint density at radius 2 is 0.911 bits per heavy atom. The van der Waals surface area contributed by atoms with E-state index in [0.717, 1.165) is 66.3 Å². The Hall–Kier alpha value is -7.67. The Balaban J connectivity index is 1.23. The van der Waals surface area contributed by atoms with Crippen molar-refractivity contribution in [3.05, 3.63) is 194 Å². The summed E-state index contributed by atoms with van der Waals surface area (Å²) in [7, 11) is 0. The van der Waals surface area contributed by atoms with Crippen molar-refractivity contribution in [2.24, 2.45) is 0 Å². The van der Waals surface area contributed by atoms with E-state index in [1.807, 2.05) is 36.4 Å². The molecule has 0 spiro atoms. The molecule has 56 heavy (non-hydrogen) atoms. The third-order valence-corrected chi connectivity index (χ3v) is 11.3. The van der Waals surface area contributed by atoms with Gasteiger partial charge in [0.25, 0.3) is 0 Å². The van der Waals surface area contributed by atoms with Gasteiger partial charge in [-0.05, 0) is 101 Å². The molecule has 0 atom stereocenters. The lowest BCUT2D eigenvalue weighted by Crippen LogP contribution is -1.97. The molecule has 0 saturated carbocycles. The second-order valence-corrected chi connectivity index (χ2v) is 14.4. The van der Waals surface area contributed by atoms with Crippen LogP contribution in [-0.2, 0) is 0 Å². The van der Waals surface area contributed by atoms with Crippen LogP contribution in [0.2, 0.25) is 0 Å². The summed E-state index contributed by atoms with van der Waals surface area (Å²) in [5.74, 6) is 0.693. The Bertz CT molecular complexity index is 3140. The van der Waals surface area contributed by atoms with Gasteiger partial charge >= 0.3 is 0 Å². The first-order chi connectivity index (χ1) is 27.7. The Morgan fingerprint density at radius 1 is 0.357 bits per heavy atom. The molecule has 10 aromatic rings. The van der Waals surface area contributed by atoms with Gasteiger partial charge in [0.05, 0.1) is 23.0 Å². The summed E-state index contributed by atoms with van der Waals surface area (Å²) < 4.78 is 0. The van der Waals surface area contributed by atoms with E-state index in [-0.39, 0.29) is 0 Å². The van der Waals surface area contributed by atoms with Crippen LogP contribution in [0.4, 0.5) is 0 Å². The van der Waals surface area contributed by atoms with Crippen molar-refractivity contribution >= 4 is 32.3 Å². The summed E-state index contributed by atoms with van der Waals surface area (Å²) >= 11 is 0. The molecule has 1 aliphatic carbocycles. The van der Waals surface area contributed by atoms with Crippen molar-refractivity contribution < 1.29 is 0 Å². The zero-order valence-corrected chi connectivity index (χ0v) is 30.2. The van der Waals surface area contributed by atoms with Gasteiger partial charge in [-0.15, -0.1) is 0 Å². The van der Waals surface area contributed by atoms with Crippen LogP contribution >= 0.6 is 0 Å². The number of hydrogen-bond acceptors (Lipinski definition) is 3. The molecule has 0 unspecified atom stereocenters. The van der Waals surface area contributed by atoms with E-state index in [0.29, 0.717) is 11.4 Å². The fraction of sp³-hybridized carbons (Fsp3) is 0. The lowest BCUT2D eigenvalue weighted by atomic mass is 9.85. The van der Waals surface area contributed by atoms with Crippen LogP contribution in [0.3, 0.4) is 0 Å². The molecule has 0 N–H and O–H groups in total. The highest BCUT2D eigenvalue weighted by Gasteiger charge is 2.26. The lowest BCUT2D eigenvalue weighted by molar-refractivity contribution is 1.19. The van der Waals surface area contributed by atoms with Gasteiger partial charge in [-0.25, -0.2) is 9.97 Å². The molecule has 1 aromatic heterocycles. The smallest absolute Gasteiger partial charge is 0.160 e. The first-order valence-electron chi connectivity index (χ1n) is 18.9. The fourth-order valence-electron chi connectivity index (χ4n) is 8.74. The molecule has 3 nitrogen and oxygen atoms in total. The number of nitriles is 1. The van der Waals surface area contributed by atoms with Gasteiger partial charge in [-0.3, -0.25) is 0 Å². The van der Waals surface area contributed by atoms with Crippen molar-refractivity contribution in [1.29, 1.82) is 5.26 Å². The number of benzene rings is 9. The van der Waals surface area contributed by atoms with E-state index in [4.69, 9.17) is 9.97 Å². The summed E-state index contributed by atoms with van der Waals surface area (Å²) in [5, 5.41) is 16.7. The van der Waals surface area contributed by atoms with Crippen LogP contribution in [0, 0.1) is 11.3 Å². The van der Waals surface area contributed by atoms with E-state index in [1.165, 1.54) is 38.6 Å². The predicted molar refractivity (Wildman–Crippen MR) is 231 cm³/mol. The van der Waals surface area contributed by atoms with Crippen molar-refractivity contribution in [2.75, 3.05) is 0 Å². The highest BCUT2D eigenvalue weighted by Crippen LogP contribution is 2.53. The maximum atomic E-state index is 9.61. The highest BCUT2D eigenvalue weighted by atomic mass is 14.9. The van der Waals surface area contributed by atoms with E-state index in [9.17, 15) is 5.26 Å².